The highest BCUT2D eigenvalue weighted by atomic mass is 16.5. The number of hydrogen-bond donors (Lipinski definition) is 1. The number of likely N-dealkylation sites (tertiary alicyclic amines) is 1. The van der Waals surface area contributed by atoms with Crippen LogP contribution in [0.1, 0.15) is 85.5 Å². The van der Waals surface area contributed by atoms with E-state index in [-0.39, 0.29) is 5.60 Å². The van der Waals surface area contributed by atoms with Crippen LogP contribution in [0.3, 0.4) is 0 Å². The Labute approximate surface area is 201 Å². The number of amides is 1. The van der Waals surface area contributed by atoms with Crippen LogP contribution in [-0.4, -0.2) is 48.7 Å². The van der Waals surface area contributed by atoms with Crippen LogP contribution >= 0.6 is 0 Å². The molecule has 6 aliphatic rings. The Morgan fingerprint density at radius 2 is 1.97 bits per heavy atom. The molecule has 6 rings (SSSR count). The number of rotatable bonds is 0. The molecule has 184 valence electrons. The second-order valence-electron chi connectivity index (χ2n) is 13.4. The number of fused-ring (bicyclic) bond motifs is 6. The van der Waals surface area contributed by atoms with Crippen molar-refractivity contribution in [2.75, 3.05) is 20.1 Å². The minimum absolute atomic E-state index is 0.0435. The number of nitrogens with one attached hydrogen (secondary N) is 1. The van der Waals surface area contributed by atoms with E-state index in [9.17, 15) is 4.79 Å². The maximum absolute atomic E-state index is 12.5. The molecule has 0 aromatic rings. The topological polar surface area (TPSA) is 41.6 Å². The average Bonchev–Trinajstić information content (AvgIpc) is 3.19. The molecule has 0 aromatic carbocycles. The molecule has 1 N–H and O–H groups in total. The zero-order valence-electron chi connectivity index (χ0n) is 21.7. The highest BCUT2D eigenvalue weighted by molar-refractivity contribution is 5.76. The first-order chi connectivity index (χ1) is 15.7. The number of allylic oxidation sites excluding steroid dienone is 1. The largest absolute Gasteiger partial charge is 0.369 e. The molecule has 10 atom stereocenters. The van der Waals surface area contributed by atoms with Gasteiger partial charge in [0.05, 0.1) is 11.7 Å². The second kappa shape index (κ2) is 7.82. The van der Waals surface area contributed by atoms with Crippen LogP contribution in [0, 0.1) is 40.9 Å². The third-order valence-electron chi connectivity index (χ3n) is 11.8. The van der Waals surface area contributed by atoms with Crippen molar-refractivity contribution in [3.05, 3.63) is 11.1 Å². The number of carbonyl (C=O) groups excluding carboxylic acids is 1. The third-order valence-corrected chi connectivity index (χ3v) is 11.8. The van der Waals surface area contributed by atoms with Gasteiger partial charge in [0.25, 0.3) is 0 Å². The van der Waals surface area contributed by atoms with Gasteiger partial charge in [-0.05, 0) is 99.8 Å². The maximum Gasteiger partial charge on any atom is 0.222 e. The lowest BCUT2D eigenvalue weighted by molar-refractivity contribution is -0.129. The number of piperidine rings is 1. The monoisotopic (exact) mass is 454 g/mol. The fraction of sp³-hybridized carbons (Fsp3) is 0.897. The van der Waals surface area contributed by atoms with Gasteiger partial charge < -0.3 is 15.0 Å². The Hall–Kier alpha value is -0.870. The smallest absolute Gasteiger partial charge is 0.222 e. The van der Waals surface area contributed by atoms with Crippen molar-refractivity contribution in [3.8, 4) is 0 Å². The molecular formula is C29H46N2O2. The van der Waals surface area contributed by atoms with Gasteiger partial charge in [-0.3, -0.25) is 4.79 Å². The lowest BCUT2D eigenvalue weighted by Gasteiger charge is -2.49. The van der Waals surface area contributed by atoms with Gasteiger partial charge in [-0.2, -0.15) is 0 Å². The van der Waals surface area contributed by atoms with E-state index in [0.717, 1.165) is 56.0 Å². The summed E-state index contributed by atoms with van der Waals surface area (Å²) in [5.41, 5.74) is 3.83. The van der Waals surface area contributed by atoms with E-state index >= 15 is 0 Å². The van der Waals surface area contributed by atoms with E-state index in [4.69, 9.17) is 4.74 Å². The molecule has 1 amide bonds. The van der Waals surface area contributed by atoms with Gasteiger partial charge in [-0.15, -0.1) is 0 Å². The molecule has 8 unspecified atom stereocenters. The molecule has 0 bridgehead atoms. The van der Waals surface area contributed by atoms with Crippen molar-refractivity contribution in [1.29, 1.82) is 0 Å². The average molecular weight is 455 g/mol. The van der Waals surface area contributed by atoms with Crippen LogP contribution < -0.4 is 5.32 Å². The molecule has 33 heavy (non-hydrogen) atoms. The fourth-order valence-electron chi connectivity index (χ4n) is 9.79. The van der Waals surface area contributed by atoms with E-state index in [1.165, 1.54) is 38.5 Å². The summed E-state index contributed by atoms with van der Waals surface area (Å²) < 4.78 is 7.03. The summed E-state index contributed by atoms with van der Waals surface area (Å²) in [5, 5.41) is 3.86. The van der Waals surface area contributed by atoms with Crippen molar-refractivity contribution in [1.82, 2.24) is 10.2 Å². The van der Waals surface area contributed by atoms with Crippen LogP contribution in [-0.2, 0) is 9.53 Å². The minimum atomic E-state index is 0.0435. The number of hydrogen-bond acceptors (Lipinski definition) is 3. The zero-order chi connectivity index (χ0) is 23.1. The van der Waals surface area contributed by atoms with E-state index in [1.807, 2.05) is 11.9 Å². The van der Waals surface area contributed by atoms with Crippen LogP contribution in [0.5, 0.6) is 0 Å². The molecule has 3 aliphatic heterocycles. The van der Waals surface area contributed by atoms with E-state index in [0.29, 0.717) is 35.3 Å². The fourth-order valence-corrected chi connectivity index (χ4v) is 9.79. The van der Waals surface area contributed by atoms with Crippen molar-refractivity contribution in [2.45, 2.75) is 103 Å². The summed E-state index contributed by atoms with van der Waals surface area (Å²) in [7, 11) is 2.03. The van der Waals surface area contributed by atoms with Crippen molar-refractivity contribution < 1.29 is 9.53 Å². The highest BCUT2D eigenvalue weighted by Crippen LogP contribution is 2.64. The molecule has 3 saturated heterocycles. The maximum atomic E-state index is 12.5. The molecule has 5 fully saturated rings. The van der Waals surface area contributed by atoms with Gasteiger partial charge in [-0.25, -0.2) is 0 Å². The quantitative estimate of drug-likeness (QED) is 0.513. The summed E-state index contributed by atoms with van der Waals surface area (Å²) in [6.45, 7) is 12.0. The van der Waals surface area contributed by atoms with Crippen molar-refractivity contribution >= 4 is 5.91 Å². The number of nitrogens with zero attached hydrogens (tertiary/aromatic N) is 1. The van der Waals surface area contributed by atoms with Gasteiger partial charge in [0, 0.05) is 32.0 Å². The highest BCUT2D eigenvalue weighted by Gasteiger charge is 2.59. The predicted octanol–water partition coefficient (Wildman–Crippen LogP) is 5.18. The first-order valence-corrected chi connectivity index (χ1v) is 14.1. The molecular weight excluding hydrogens is 408 g/mol. The Kier molecular flexibility index (Phi) is 5.35. The minimum Gasteiger partial charge on any atom is -0.369 e. The zero-order valence-corrected chi connectivity index (χ0v) is 21.7. The molecule has 4 heteroatoms. The molecule has 3 aliphatic carbocycles. The van der Waals surface area contributed by atoms with Gasteiger partial charge in [-0.1, -0.05) is 31.9 Å². The molecule has 3 heterocycles. The summed E-state index contributed by atoms with van der Waals surface area (Å²) in [6.07, 6.45) is 11.1. The van der Waals surface area contributed by atoms with E-state index in [1.54, 1.807) is 11.1 Å². The summed E-state index contributed by atoms with van der Waals surface area (Å²) in [4.78, 5) is 14.6. The molecule has 4 nitrogen and oxygen atoms in total. The van der Waals surface area contributed by atoms with Gasteiger partial charge in [0.2, 0.25) is 5.91 Å². The van der Waals surface area contributed by atoms with Crippen LogP contribution in [0.4, 0.5) is 0 Å². The number of carbonyl (C=O) groups is 1. The van der Waals surface area contributed by atoms with Gasteiger partial charge in [0.1, 0.15) is 0 Å². The van der Waals surface area contributed by atoms with E-state index < -0.39 is 0 Å². The second-order valence-corrected chi connectivity index (χ2v) is 13.4. The van der Waals surface area contributed by atoms with Crippen molar-refractivity contribution in [2.24, 2.45) is 40.9 Å². The van der Waals surface area contributed by atoms with Gasteiger partial charge >= 0.3 is 0 Å². The Morgan fingerprint density at radius 3 is 2.79 bits per heavy atom. The SMILES string of the molecule is CC1=C2CC3C(CCC4CN(C)C(=O)CCC43C)C2CC[C@@]2(C1)OC1C[C@H](C)CNC1C2C. The lowest BCUT2D eigenvalue weighted by Crippen LogP contribution is -2.48. The Morgan fingerprint density at radius 1 is 1.15 bits per heavy atom. The van der Waals surface area contributed by atoms with Crippen LogP contribution in [0.2, 0.25) is 0 Å². The standard InChI is InChI=1S/C29H46N2O2/c1-17-12-25-27(30-15-17)19(3)29(33-25)11-8-21-22-7-6-20-16-31(5)26(32)9-10-28(20,4)24(22)13-23(21)18(2)14-29/h17,19-22,24-25,27,30H,6-16H2,1-5H3/t17-,19?,20?,21?,22?,24?,25?,27?,28?,29-/m0/s1. The first kappa shape index (κ1) is 22.6. The molecule has 0 aromatic heterocycles. The lowest BCUT2D eigenvalue weighted by atomic mass is 9.55. The Bertz CT molecular complexity index is 853. The van der Waals surface area contributed by atoms with Crippen molar-refractivity contribution in [3.63, 3.8) is 0 Å². The van der Waals surface area contributed by atoms with Crippen LogP contribution in [0.25, 0.3) is 0 Å². The number of ether oxygens (including phenoxy) is 1. The van der Waals surface area contributed by atoms with Gasteiger partial charge in [0.15, 0.2) is 0 Å². The summed E-state index contributed by atoms with van der Waals surface area (Å²) >= 11 is 0. The molecule has 1 spiro atoms. The first-order valence-electron chi connectivity index (χ1n) is 14.1. The molecule has 2 saturated carbocycles. The van der Waals surface area contributed by atoms with E-state index in [2.05, 4.69) is 33.0 Å². The van der Waals surface area contributed by atoms with Crippen LogP contribution in [0.15, 0.2) is 11.1 Å². The predicted molar refractivity (Wildman–Crippen MR) is 132 cm³/mol. The summed E-state index contributed by atoms with van der Waals surface area (Å²) in [5.74, 6) is 4.71. The normalized spacial score (nSPS) is 52.2. The Balaban J connectivity index is 1.28. The third kappa shape index (κ3) is 3.33. The molecule has 0 radical (unpaired) electrons. The summed E-state index contributed by atoms with van der Waals surface area (Å²) in [6, 6.07) is 0.541.